The van der Waals surface area contributed by atoms with Crippen LogP contribution in [0.15, 0.2) is 48.7 Å². The number of benzene rings is 1. The molecule has 1 N–H and O–H groups in total. The van der Waals surface area contributed by atoms with Crippen LogP contribution < -0.4 is 5.32 Å². The predicted molar refractivity (Wildman–Crippen MR) is 83.8 cm³/mol. The molecule has 2 aromatic rings. The molecule has 21 heavy (non-hydrogen) atoms. The molecular weight excluding hydrogens is 262 g/mol. The third-order valence-corrected chi connectivity index (χ3v) is 3.36. The van der Waals surface area contributed by atoms with E-state index in [4.69, 9.17) is 0 Å². The van der Waals surface area contributed by atoms with Crippen molar-refractivity contribution in [3.8, 4) is 0 Å². The second kappa shape index (κ2) is 6.88. The molecule has 2 rings (SSSR count). The Balaban J connectivity index is 1.92. The normalized spacial score (nSPS) is 11.8. The topological polar surface area (TPSA) is 45.2 Å². The molecule has 0 saturated carbocycles. The SMILES string of the molecule is Cc1ccc(CN(C)C(=O)N[C@H](C)c2ccccn2)cc1. The van der Waals surface area contributed by atoms with Gasteiger partial charge in [-0.2, -0.15) is 0 Å². The zero-order valence-corrected chi connectivity index (χ0v) is 12.7. The lowest BCUT2D eigenvalue weighted by atomic mass is 10.1. The Bertz CT molecular complexity index is 581. The van der Waals surface area contributed by atoms with Crippen molar-refractivity contribution in [2.45, 2.75) is 26.4 Å². The van der Waals surface area contributed by atoms with Gasteiger partial charge in [0.25, 0.3) is 0 Å². The molecule has 1 aromatic carbocycles. The standard InChI is InChI=1S/C17H21N3O/c1-13-7-9-15(10-8-13)12-20(3)17(21)19-14(2)16-6-4-5-11-18-16/h4-11,14H,12H2,1-3H3,(H,19,21)/t14-/m1/s1. The van der Waals surface area contributed by atoms with E-state index in [0.717, 1.165) is 11.3 Å². The molecule has 0 spiro atoms. The van der Waals surface area contributed by atoms with Crippen LogP contribution in [0, 0.1) is 6.92 Å². The van der Waals surface area contributed by atoms with E-state index in [-0.39, 0.29) is 12.1 Å². The van der Waals surface area contributed by atoms with Gasteiger partial charge < -0.3 is 10.2 Å². The molecular formula is C17H21N3O. The average Bonchev–Trinajstić information content (AvgIpc) is 2.50. The maximum atomic E-state index is 12.2. The highest BCUT2D eigenvalue weighted by molar-refractivity contribution is 5.74. The first-order chi connectivity index (χ1) is 10.1. The van der Waals surface area contributed by atoms with Gasteiger partial charge in [-0.05, 0) is 31.5 Å². The summed E-state index contributed by atoms with van der Waals surface area (Å²) in [6.45, 7) is 4.57. The van der Waals surface area contributed by atoms with Crippen molar-refractivity contribution in [3.05, 3.63) is 65.5 Å². The van der Waals surface area contributed by atoms with Crippen molar-refractivity contribution in [2.24, 2.45) is 0 Å². The van der Waals surface area contributed by atoms with Crippen LogP contribution >= 0.6 is 0 Å². The maximum Gasteiger partial charge on any atom is 0.317 e. The Morgan fingerprint density at radius 1 is 1.24 bits per heavy atom. The van der Waals surface area contributed by atoms with E-state index < -0.39 is 0 Å². The largest absolute Gasteiger partial charge is 0.330 e. The quantitative estimate of drug-likeness (QED) is 0.935. The van der Waals surface area contributed by atoms with Crippen molar-refractivity contribution in [2.75, 3.05) is 7.05 Å². The lowest BCUT2D eigenvalue weighted by Gasteiger charge is -2.21. The number of pyridine rings is 1. The van der Waals surface area contributed by atoms with E-state index in [0.29, 0.717) is 6.54 Å². The minimum absolute atomic E-state index is 0.103. The molecule has 0 aliphatic heterocycles. The highest BCUT2D eigenvalue weighted by Crippen LogP contribution is 2.10. The van der Waals surface area contributed by atoms with Gasteiger partial charge in [-0.15, -0.1) is 0 Å². The monoisotopic (exact) mass is 283 g/mol. The van der Waals surface area contributed by atoms with Gasteiger partial charge in [-0.3, -0.25) is 4.98 Å². The molecule has 0 aliphatic carbocycles. The summed E-state index contributed by atoms with van der Waals surface area (Å²) in [4.78, 5) is 18.1. The van der Waals surface area contributed by atoms with Gasteiger partial charge in [0.15, 0.2) is 0 Å². The average molecular weight is 283 g/mol. The summed E-state index contributed by atoms with van der Waals surface area (Å²) >= 11 is 0. The van der Waals surface area contributed by atoms with Crippen LogP contribution in [0.3, 0.4) is 0 Å². The first-order valence-electron chi connectivity index (χ1n) is 7.04. The van der Waals surface area contributed by atoms with Gasteiger partial charge in [-0.25, -0.2) is 4.79 Å². The lowest BCUT2D eigenvalue weighted by Crippen LogP contribution is -2.38. The van der Waals surface area contributed by atoms with Gasteiger partial charge in [-0.1, -0.05) is 35.9 Å². The Labute approximate surface area is 125 Å². The van der Waals surface area contributed by atoms with Crippen molar-refractivity contribution < 1.29 is 4.79 Å². The molecule has 0 saturated heterocycles. The second-order valence-electron chi connectivity index (χ2n) is 5.27. The number of nitrogens with one attached hydrogen (secondary N) is 1. The minimum Gasteiger partial charge on any atom is -0.330 e. The van der Waals surface area contributed by atoms with Crippen LogP contribution in [-0.2, 0) is 6.54 Å². The predicted octanol–water partition coefficient (Wildman–Crippen LogP) is 3.29. The summed E-state index contributed by atoms with van der Waals surface area (Å²) in [6.07, 6.45) is 1.73. The summed E-state index contributed by atoms with van der Waals surface area (Å²) in [7, 11) is 1.79. The van der Waals surface area contributed by atoms with Crippen LogP contribution in [0.2, 0.25) is 0 Å². The van der Waals surface area contributed by atoms with Gasteiger partial charge >= 0.3 is 6.03 Å². The molecule has 0 bridgehead atoms. The zero-order valence-electron chi connectivity index (χ0n) is 12.7. The van der Waals surface area contributed by atoms with Crippen LogP contribution in [0.5, 0.6) is 0 Å². The number of carbonyl (C=O) groups excluding carboxylic acids is 1. The van der Waals surface area contributed by atoms with Crippen molar-refractivity contribution >= 4 is 6.03 Å². The lowest BCUT2D eigenvalue weighted by molar-refractivity contribution is 0.203. The zero-order chi connectivity index (χ0) is 15.2. The molecule has 0 fully saturated rings. The van der Waals surface area contributed by atoms with Crippen molar-refractivity contribution in [1.29, 1.82) is 0 Å². The highest BCUT2D eigenvalue weighted by atomic mass is 16.2. The molecule has 1 atom stereocenters. The molecule has 1 aromatic heterocycles. The number of rotatable bonds is 4. The van der Waals surface area contributed by atoms with Crippen LogP contribution in [0.1, 0.15) is 29.8 Å². The number of hydrogen-bond donors (Lipinski definition) is 1. The summed E-state index contributed by atoms with van der Waals surface area (Å²) in [5.74, 6) is 0. The van der Waals surface area contributed by atoms with Gasteiger partial charge in [0.1, 0.15) is 0 Å². The van der Waals surface area contributed by atoms with E-state index in [9.17, 15) is 4.79 Å². The molecule has 1 heterocycles. The molecule has 0 aliphatic rings. The van der Waals surface area contributed by atoms with Crippen molar-refractivity contribution in [3.63, 3.8) is 0 Å². The van der Waals surface area contributed by atoms with Gasteiger partial charge in [0.2, 0.25) is 0 Å². The molecule has 2 amide bonds. The summed E-state index contributed by atoms with van der Waals surface area (Å²) < 4.78 is 0. The fourth-order valence-corrected chi connectivity index (χ4v) is 2.04. The third kappa shape index (κ3) is 4.31. The molecule has 110 valence electrons. The number of carbonyl (C=O) groups is 1. The minimum atomic E-state index is -0.112. The first-order valence-corrected chi connectivity index (χ1v) is 7.04. The number of amides is 2. The Morgan fingerprint density at radius 2 is 1.95 bits per heavy atom. The Hall–Kier alpha value is -2.36. The molecule has 0 radical (unpaired) electrons. The second-order valence-corrected chi connectivity index (χ2v) is 5.27. The summed E-state index contributed by atoms with van der Waals surface area (Å²) in [6, 6.07) is 13.7. The highest BCUT2D eigenvalue weighted by Gasteiger charge is 2.14. The van der Waals surface area contributed by atoms with Crippen LogP contribution in [-0.4, -0.2) is 23.0 Å². The number of urea groups is 1. The molecule has 4 heteroatoms. The fraction of sp³-hybridized carbons (Fsp3) is 0.294. The first kappa shape index (κ1) is 15.0. The van der Waals surface area contributed by atoms with E-state index in [1.165, 1.54) is 5.56 Å². The summed E-state index contributed by atoms with van der Waals surface area (Å²) in [5, 5.41) is 2.95. The van der Waals surface area contributed by atoms with E-state index in [1.54, 1.807) is 18.1 Å². The van der Waals surface area contributed by atoms with E-state index in [1.807, 2.05) is 37.3 Å². The number of hydrogen-bond acceptors (Lipinski definition) is 2. The third-order valence-electron chi connectivity index (χ3n) is 3.36. The molecule has 4 nitrogen and oxygen atoms in total. The maximum absolute atomic E-state index is 12.2. The fourth-order valence-electron chi connectivity index (χ4n) is 2.04. The number of aryl methyl sites for hydroxylation is 1. The van der Waals surface area contributed by atoms with Crippen LogP contribution in [0.4, 0.5) is 4.79 Å². The van der Waals surface area contributed by atoms with Crippen LogP contribution in [0.25, 0.3) is 0 Å². The Morgan fingerprint density at radius 3 is 2.57 bits per heavy atom. The van der Waals surface area contributed by atoms with Gasteiger partial charge in [0, 0.05) is 19.8 Å². The van der Waals surface area contributed by atoms with E-state index >= 15 is 0 Å². The number of nitrogens with zero attached hydrogens (tertiary/aromatic N) is 2. The van der Waals surface area contributed by atoms with E-state index in [2.05, 4.69) is 29.4 Å². The molecule has 0 unspecified atom stereocenters. The smallest absolute Gasteiger partial charge is 0.317 e. The Kier molecular flexibility index (Phi) is 4.93. The summed E-state index contributed by atoms with van der Waals surface area (Å²) in [5.41, 5.74) is 3.19. The van der Waals surface area contributed by atoms with Crippen molar-refractivity contribution in [1.82, 2.24) is 15.2 Å². The number of aromatic nitrogens is 1. The van der Waals surface area contributed by atoms with Gasteiger partial charge in [0.05, 0.1) is 11.7 Å².